The van der Waals surface area contributed by atoms with Crippen molar-refractivity contribution in [3.8, 4) is 0 Å². The molecule has 0 aliphatic rings. The van der Waals surface area contributed by atoms with Gasteiger partial charge in [0, 0.05) is 13.1 Å². The van der Waals surface area contributed by atoms with Crippen LogP contribution in [0.5, 0.6) is 0 Å². The van der Waals surface area contributed by atoms with E-state index in [1.807, 2.05) is 0 Å². The van der Waals surface area contributed by atoms with Gasteiger partial charge in [-0.15, -0.1) is 0 Å². The Bertz CT molecular complexity index is 234. The molecule has 0 spiro atoms. The van der Waals surface area contributed by atoms with E-state index in [2.05, 4.69) is 53.8 Å². The van der Waals surface area contributed by atoms with Crippen molar-refractivity contribution in [3.05, 3.63) is 0 Å². The summed E-state index contributed by atoms with van der Waals surface area (Å²) in [5.41, 5.74) is 0. The molecule has 19 heavy (non-hydrogen) atoms. The van der Waals surface area contributed by atoms with Gasteiger partial charge in [-0.2, -0.15) is 0 Å². The van der Waals surface area contributed by atoms with Gasteiger partial charge in [-0.3, -0.25) is 0 Å². The Labute approximate surface area is 121 Å². The molecule has 0 aromatic rings. The molecule has 0 bridgehead atoms. The first-order valence-corrected chi connectivity index (χ1v) is 9.43. The number of hydrogen-bond donors (Lipinski definition) is 2. The van der Waals surface area contributed by atoms with Gasteiger partial charge in [0.2, 0.25) is 0 Å². The fourth-order valence-corrected chi connectivity index (χ4v) is 9.07. The van der Waals surface area contributed by atoms with E-state index in [1.165, 1.54) is 5.75 Å². The van der Waals surface area contributed by atoms with Crippen molar-refractivity contribution in [2.45, 2.75) is 63.9 Å². The average Bonchev–Trinajstić information content (AvgIpc) is 2.28. The molecule has 0 amide bonds. The molecular weight excluding hydrogens is 258 g/mol. The number of rotatable bonds is 10. The van der Waals surface area contributed by atoms with Crippen LogP contribution in [0.1, 0.15) is 48.5 Å². The molecule has 4 heteroatoms. The lowest BCUT2D eigenvalue weighted by atomic mass is 10.4. The standard InChI is InChI=1S/C15H35NO2S/c1-8-19(13(2)3,14(4)5)15(6,7)18-12-10-16-9-11-17/h13-14,16-17H,8-12H2,1-7H3. The Kier molecular flexibility index (Phi) is 8.60. The highest BCUT2D eigenvalue weighted by molar-refractivity contribution is 8.35. The number of hydrogen-bond acceptors (Lipinski definition) is 3. The molecule has 0 fully saturated rings. The summed E-state index contributed by atoms with van der Waals surface area (Å²) in [6, 6.07) is 0. The van der Waals surface area contributed by atoms with Gasteiger partial charge in [-0.1, -0.05) is 34.6 Å². The predicted octanol–water partition coefficient (Wildman–Crippen LogP) is 2.96. The van der Waals surface area contributed by atoms with Gasteiger partial charge < -0.3 is 15.2 Å². The summed E-state index contributed by atoms with van der Waals surface area (Å²) in [5.74, 6) is 1.21. The van der Waals surface area contributed by atoms with Gasteiger partial charge in [-0.05, 0) is 30.1 Å². The van der Waals surface area contributed by atoms with Gasteiger partial charge in [0.05, 0.1) is 18.1 Å². The lowest BCUT2D eigenvalue weighted by Gasteiger charge is -2.57. The minimum absolute atomic E-state index is 0.0645. The van der Waals surface area contributed by atoms with E-state index in [4.69, 9.17) is 9.84 Å². The van der Waals surface area contributed by atoms with E-state index in [0.29, 0.717) is 23.7 Å². The topological polar surface area (TPSA) is 41.5 Å². The fraction of sp³-hybridized carbons (Fsp3) is 1.00. The molecular formula is C15H35NO2S. The third-order valence-electron chi connectivity index (χ3n) is 4.09. The van der Waals surface area contributed by atoms with Crippen LogP contribution >= 0.6 is 10.0 Å². The van der Waals surface area contributed by atoms with Gasteiger partial charge in [0.25, 0.3) is 0 Å². The zero-order chi connectivity index (χ0) is 15.1. The molecule has 3 nitrogen and oxygen atoms in total. The highest BCUT2D eigenvalue weighted by Crippen LogP contribution is 2.65. The number of aliphatic hydroxyl groups is 1. The van der Waals surface area contributed by atoms with Gasteiger partial charge >= 0.3 is 0 Å². The van der Waals surface area contributed by atoms with E-state index < -0.39 is 10.0 Å². The minimum Gasteiger partial charge on any atom is -0.395 e. The molecule has 118 valence electrons. The Morgan fingerprint density at radius 2 is 1.63 bits per heavy atom. The molecule has 0 saturated carbocycles. The Hall–Kier alpha value is 0.230. The van der Waals surface area contributed by atoms with E-state index in [1.54, 1.807) is 0 Å². The lowest BCUT2D eigenvalue weighted by Crippen LogP contribution is -2.43. The molecule has 0 aliphatic heterocycles. The predicted molar refractivity (Wildman–Crippen MR) is 88.4 cm³/mol. The third kappa shape index (κ3) is 4.62. The zero-order valence-corrected chi connectivity index (χ0v) is 14.8. The van der Waals surface area contributed by atoms with Crippen molar-refractivity contribution in [1.29, 1.82) is 0 Å². The summed E-state index contributed by atoms with van der Waals surface area (Å²) in [6.07, 6.45) is 0. The van der Waals surface area contributed by atoms with Gasteiger partial charge in [0.1, 0.15) is 0 Å². The normalized spacial score (nSPS) is 14.4. The summed E-state index contributed by atoms with van der Waals surface area (Å²) >= 11 is 0. The summed E-state index contributed by atoms with van der Waals surface area (Å²) in [7, 11) is -0.838. The van der Waals surface area contributed by atoms with Crippen molar-refractivity contribution >= 4 is 10.0 Å². The molecule has 0 saturated heterocycles. The van der Waals surface area contributed by atoms with Crippen LogP contribution in [0.3, 0.4) is 0 Å². The smallest absolute Gasteiger partial charge is 0.0932 e. The number of nitrogens with one attached hydrogen (secondary N) is 1. The fourth-order valence-electron chi connectivity index (χ4n) is 3.38. The summed E-state index contributed by atoms with van der Waals surface area (Å²) < 4.78 is 6.25. The highest BCUT2D eigenvalue weighted by atomic mass is 32.3. The van der Waals surface area contributed by atoms with Crippen LogP contribution in [0.15, 0.2) is 0 Å². The maximum Gasteiger partial charge on any atom is 0.0932 e. The second kappa shape index (κ2) is 8.50. The van der Waals surface area contributed by atoms with Crippen LogP contribution in [0.4, 0.5) is 0 Å². The van der Waals surface area contributed by atoms with Gasteiger partial charge in [0.15, 0.2) is 0 Å². The number of ether oxygens (including phenoxy) is 1. The summed E-state index contributed by atoms with van der Waals surface area (Å²) in [6.45, 7) is 18.5. The molecule has 2 N–H and O–H groups in total. The minimum atomic E-state index is -0.838. The first-order valence-electron chi connectivity index (χ1n) is 7.50. The Balaban J connectivity index is 4.71. The van der Waals surface area contributed by atoms with Crippen LogP contribution in [-0.2, 0) is 4.74 Å². The Morgan fingerprint density at radius 1 is 1.11 bits per heavy atom. The number of aliphatic hydroxyl groups excluding tert-OH is 1. The van der Waals surface area contributed by atoms with Gasteiger partial charge in [-0.25, -0.2) is 10.0 Å². The first-order chi connectivity index (χ1) is 8.76. The van der Waals surface area contributed by atoms with Crippen LogP contribution in [0.2, 0.25) is 0 Å². The van der Waals surface area contributed by atoms with E-state index in [0.717, 1.165) is 6.54 Å². The van der Waals surface area contributed by atoms with Crippen molar-refractivity contribution < 1.29 is 9.84 Å². The average molecular weight is 294 g/mol. The van der Waals surface area contributed by atoms with Crippen LogP contribution in [0.25, 0.3) is 0 Å². The van der Waals surface area contributed by atoms with E-state index in [9.17, 15) is 0 Å². The monoisotopic (exact) mass is 293 g/mol. The SMILES string of the molecule is CCS(C(C)C)(C(C)C)C(C)(C)OCCNCCO. The van der Waals surface area contributed by atoms with Crippen LogP contribution < -0.4 is 5.32 Å². The quantitative estimate of drug-likeness (QED) is 0.609. The molecule has 0 heterocycles. The molecule has 0 unspecified atom stereocenters. The molecule has 0 radical (unpaired) electrons. The third-order valence-corrected chi connectivity index (χ3v) is 10.4. The van der Waals surface area contributed by atoms with E-state index in [-0.39, 0.29) is 11.5 Å². The van der Waals surface area contributed by atoms with Crippen molar-refractivity contribution in [2.24, 2.45) is 0 Å². The molecule has 0 rings (SSSR count). The van der Waals surface area contributed by atoms with Crippen molar-refractivity contribution in [1.82, 2.24) is 5.32 Å². The van der Waals surface area contributed by atoms with Crippen molar-refractivity contribution in [3.63, 3.8) is 0 Å². The maximum atomic E-state index is 8.74. The van der Waals surface area contributed by atoms with Crippen LogP contribution in [0, 0.1) is 0 Å². The highest BCUT2D eigenvalue weighted by Gasteiger charge is 2.44. The zero-order valence-electron chi connectivity index (χ0n) is 14.0. The molecule has 0 aliphatic carbocycles. The molecule has 0 aromatic heterocycles. The lowest BCUT2D eigenvalue weighted by molar-refractivity contribution is 0.0493. The van der Waals surface area contributed by atoms with Crippen molar-refractivity contribution in [2.75, 3.05) is 32.1 Å². The maximum absolute atomic E-state index is 8.74. The Morgan fingerprint density at radius 3 is 2.00 bits per heavy atom. The van der Waals surface area contributed by atoms with E-state index >= 15 is 0 Å². The molecule has 0 aromatic carbocycles. The second-order valence-corrected chi connectivity index (χ2v) is 11.1. The summed E-state index contributed by atoms with van der Waals surface area (Å²) in [4.78, 5) is -0.0645. The second-order valence-electron chi connectivity index (χ2n) is 5.96. The summed E-state index contributed by atoms with van der Waals surface area (Å²) in [5, 5.41) is 13.2. The molecule has 0 atom stereocenters. The first kappa shape index (κ1) is 19.2. The largest absolute Gasteiger partial charge is 0.395 e. The van der Waals surface area contributed by atoms with Crippen LogP contribution in [-0.4, -0.2) is 52.6 Å².